The molecule has 0 saturated carbocycles. The molecule has 17 heavy (non-hydrogen) atoms. The second-order valence-electron chi connectivity index (χ2n) is 4.73. The van der Waals surface area contributed by atoms with Crippen molar-refractivity contribution in [2.45, 2.75) is 45.6 Å². The summed E-state index contributed by atoms with van der Waals surface area (Å²) in [6.45, 7) is 6.61. The van der Waals surface area contributed by atoms with E-state index >= 15 is 0 Å². The van der Waals surface area contributed by atoms with Crippen molar-refractivity contribution in [3.8, 4) is 0 Å². The monoisotopic (exact) mass is 244 g/mol. The van der Waals surface area contributed by atoms with Crippen molar-refractivity contribution >= 4 is 5.97 Å². The Morgan fingerprint density at radius 1 is 1.29 bits per heavy atom. The third kappa shape index (κ3) is 11.6. The Bertz CT molecular complexity index is 196. The Morgan fingerprint density at radius 3 is 2.59 bits per heavy atom. The van der Waals surface area contributed by atoms with E-state index < -0.39 is 0 Å². The fourth-order valence-electron chi connectivity index (χ4n) is 1.77. The molecule has 0 fully saturated rings. The van der Waals surface area contributed by atoms with Gasteiger partial charge in [-0.05, 0) is 47.3 Å². The van der Waals surface area contributed by atoms with Crippen LogP contribution in [0.2, 0.25) is 0 Å². The summed E-state index contributed by atoms with van der Waals surface area (Å²) in [5.41, 5.74) is 0. The number of hydrogen-bond donors (Lipinski definition) is 1. The van der Waals surface area contributed by atoms with Crippen LogP contribution in [0.1, 0.15) is 39.5 Å². The average Bonchev–Trinajstić information content (AvgIpc) is 2.22. The quantitative estimate of drug-likeness (QED) is 0.469. The highest BCUT2D eigenvalue weighted by Gasteiger charge is 2.03. The average molecular weight is 244 g/mol. The molecule has 0 saturated heterocycles. The SMILES string of the molecule is CCOC(=O)CCCCCNC(C)CN(C)C. The highest BCUT2D eigenvalue weighted by atomic mass is 16.5. The van der Waals surface area contributed by atoms with Crippen LogP contribution in [0.5, 0.6) is 0 Å². The minimum atomic E-state index is -0.0681. The molecular formula is C13H28N2O2. The Labute approximate surface area is 106 Å². The van der Waals surface area contributed by atoms with Crippen molar-refractivity contribution in [1.82, 2.24) is 10.2 Å². The number of nitrogens with one attached hydrogen (secondary N) is 1. The minimum absolute atomic E-state index is 0.0681. The van der Waals surface area contributed by atoms with E-state index in [1.807, 2.05) is 6.92 Å². The number of nitrogens with zero attached hydrogens (tertiary/aromatic N) is 1. The van der Waals surface area contributed by atoms with Gasteiger partial charge in [0.1, 0.15) is 0 Å². The maximum absolute atomic E-state index is 11.1. The molecule has 1 N–H and O–H groups in total. The van der Waals surface area contributed by atoms with Gasteiger partial charge in [-0.3, -0.25) is 4.79 Å². The number of esters is 1. The van der Waals surface area contributed by atoms with Crippen molar-refractivity contribution < 1.29 is 9.53 Å². The predicted octanol–water partition coefficient (Wildman–Crippen LogP) is 1.65. The Balaban J connectivity index is 3.26. The third-order valence-electron chi connectivity index (χ3n) is 2.49. The smallest absolute Gasteiger partial charge is 0.305 e. The lowest BCUT2D eigenvalue weighted by Crippen LogP contribution is -2.36. The second kappa shape index (κ2) is 10.5. The molecule has 0 aromatic rings. The summed E-state index contributed by atoms with van der Waals surface area (Å²) >= 11 is 0. The molecule has 0 bridgehead atoms. The van der Waals surface area contributed by atoms with Gasteiger partial charge in [0.2, 0.25) is 0 Å². The van der Waals surface area contributed by atoms with Crippen molar-refractivity contribution in [3.63, 3.8) is 0 Å². The van der Waals surface area contributed by atoms with Crippen LogP contribution in [-0.4, -0.2) is 50.7 Å². The Kier molecular flexibility index (Phi) is 10.2. The van der Waals surface area contributed by atoms with Crippen LogP contribution in [0, 0.1) is 0 Å². The van der Waals surface area contributed by atoms with Gasteiger partial charge < -0.3 is 15.0 Å². The van der Waals surface area contributed by atoms with Gasteiger partial charge in [-0.25, -0.2) is 0 Å². The standard InChI is InChI=1S/C13H28N2O2/c1-5-17-13(16)9-7-6-8-10-14-12(2)11-15(3)4/h12,14H,5-11H2,1-4H3. The van der Waals surface area contributed by atoms with Gasteiger partial charge in [-0.1, -0.05) is 6.42 Å². The van der Waals surface area contributed by atoms with E-state index in [1.54, 1.807) is 0 Å². The number of likely N-dealkylation sites (N-methyl/N-ethyl adjacent to an activating group) is 1. The molecule has 0 aliphatic heterocycles. The lowest BCUT2D eigenvalue weighted by atomic mass is 10.2. The van der Waals surface area contributed by atoms with E-state index in [-0.39, 0.29) is 5.97 Å². The number of hydrogen-bond acceptors (Lipinski definition) is 4. The summed E-state index contributed by atoms with van der Waals surface area (Å²) in [6, 6.07) is 0.523. The summed E-state index contributed by atoms with van der Waals surface area (Å²) in [5.74, 6) is -0.0681. The largest absolute Gasteiger partial charge is 0.466 e. The number of ether oxygens (including phenoxy) is 1. The molecule has 1 unspecified atom stereocenters. The van der Waals surface area contributed by atoms with Gasteiger partial charge in [0.25, 0.3) is 0 Å². The molecule has 4 heteroatoms. The topological polar surface area (TPSA) is 41.6 Å². The molecule has 0 spiro atoms. The Morgan fingerprint density at radius 2 is 2.00 bits per heavy atom. The van der Waals surface area contributed by atoms with Gasteiger partial charge in [0.05, 0.1) is 6.61 Å². The highest BCUT2D eigenvalue weighted by Crippen LogP contribution is 2.01. The molecule has 0 aliphatic carbocycles. The fraction of sp³-hybridized carbons (Fsp3) is 0.923. The maximum Gasteiger partial charge on any atom is 0.305 e. The predicted molar refractivity (Wildman–Crippen MR) is 71.1 cm³/mol. The van der Waals surface area contributed by atoms with Crippen molar-refractivity contribution in [2.24, 2.45) is 0 Å². The molecule has 4 nitrogen and oxygen atoms in total. The molecule has 0 rings (SSSR count). The zero-order valence-corrected chi connectivity index (χ0v) is 11.8. The molecule has 1 atom stereocenters. The first-order valence-electron chi connectivity index (χ1n) is 6.60. The summed E-state index contributed by atoms with van der Waals surface area (Å²) in [4.78, 5) is 13.2. The summed E-state index contributed by atoms with van der Waals surface area (Å²) in [7, 11) is 4.16. The second-order valence-corrected chi connectivity index (χ2v) is 4.73. The molecular weight excluding hydrogens is 216 g/mol. The van der Waals surface area contributed by atoms with E-state index in [0.717, 1.165) is 32.4 Å². The van der Waals surface area contributed by atoms with Gasteiger partial charge in [0.15, 0.2) is 0 Å². The van der Waals surface area contributed by atoms with Crippen LogP contribution in [0.25, 0.3) is 0 Å². The molecule has 0 heterocycles. The van der Waals surface area contributed by atoms with E-state index in [1.165, 1.54) is 0 Å². The number of unbranched alkanes of at least 4 members (excludes halogenated alkanes) is 2. The van der Waals surface area contributed by atoms with Crippen molar-refractivity contribution in [2.75, 3.05) is 33.8 Å². The zero-order chi connectivity index (χ0) is 13.1. The molecule has 0 aromatic carbocycles. The lowest BCUT2D eigenvalue weighted by molar-refractivity contribution is -0.143. The van der Waals surface area contributed by atoms with Crippen molar-refractivity contribution in [1.29, 1.82) is 0 Å². The van der Waals surface area contributed by atoms with Crippen LogP contribution < -0.4 is 5.32 Å². The number of rotatable bonds is 10. The van der Waals surface area contributed by atoms with Gasteiger partial charge in [-0.2, -0.15) is 0 Å². The minimum Gasteiger partial charge on any atom is -0.466 e. The van der Waals surface area contributed by atoms with Crippen LogP contribution >= 0.6 is 0 Å². The molecule has 0 aliphatic rings. The van der Waals surface area contributed by atoms with Crippen LogP contribution in [0.3, 0.4) is 0 Å². The Hall–Kier alpha value is -0.610. The number of carbonyl (C=O) groups excluding carboxylic acids is 1. The fourth-order valence-corrected chi connectivity index (χ4v) is 1.77. The normalized spacial score (nSPS) is 12.8. The summed E-state index contributed by atoms with van der Waals surface area (Å²) < 4.78 is 4.87. The third-order valence-corrected chi connectivity index (χ3v) is 2.49. The van der Waals surface area contributed by atoms with Crippen LogP contribution in [-0.2, 0) is 9.53 Å². The van der Waals surface area contributed by atoms with Gasteiger partial charge in [0, 0.05) is 19.0 Å². The first-order chi connectivity index (χ1) is 8.06. The zero-order valence-electron chi connectivity index (χ0n) is 11.8. The highest BCUT2D eigenvalue weighted by molar-refractivity contribution is 5.69. The van der Waals surface area contributed by atoms with E-state index in [2.05, 4.69) is 31.2 Å². The van der Waals surface area contributed by atoms with Crippen LogP contribution in [0.4, 0.5) is 0 Å². The summed E-state index contributed by atoms with van der Waals surface area (Å²) in [6.07, 6.45) is 3.70. The summed E-state index contributed by atoms with van der Waals surface area (Å²) in [5, 5.41) is 3.47. The van der Waals surface area contributed by atoms with E-state index in [9.17, 15) is 4.79 Å². The van der Waals surface area contributed by atoms with Gasteiger partial charge in [-0.15, -0.1) is 0 Å². The first-order valence-corrected chi connectivity index (χ1v) is 6.60. The molecule has 0 radical (unpaired) electrons. The molecule has 0 aromatic heterocycles. The molecule has 102 valence electrons. The maximum atomic E-state index is 11.1. The van der Waals surface area contributed by atoms with Gasteiger partial charge >= 0.3 is 5.97 Å². The number of carbonyl (C=O) groups is 1. The van der Waals surface area contributed by atoms with E-state index in [4.69, 9.17) is 4.74 Å². The molecule has 0 amide bonds. The first kappa shape index (κ1) is 16.4. The van der Waals surface area contributed by atoms with Crippen molar-refractivity contribution in [3.05, 3.63) is 0 Å². The van der Waals surface area contributed by atoms with E-state index in [0.29, 0.717) is 19.1 Å². The van der Waals surface area contributed by atoms with Crippen LogP contribution in [0.15, 0.2) is 0 Å². The lowest BCUT2D eigenvalue weighted by Gasteiger charge is -2.18.